The smallest absolute Gasteiger partial charge is 0.410 e. The maximum Gasteiger partial charge on any atom is 0.410 e. The van der Waals surface area contributed by atoms with Crippen molar-refractivity contribution < 1.29 is 19.1 Å². The lowest BCUT2D eigenvalue weighted by atomic mass is 10.1. The summed E-state index contributed by atoms with van der Waals surface area (Å²) in [7, 11) is 1.67. The highest BCUT2D eigenvalue weighted by Crippen LogP contribution is 2.12. The maximum atomic E-state index is 11.8. The molecule has 5 nitrogen and oxygen atoms in total. The van der Waals surface area contributed by atoms with E-state index >= 15 is 0 Å². The number of nitrogens with zero attached hydrogens (tertiary/aromatic N) is 1. The van der Waals surface area contributed by atoms with Crippen LogP contribution in [0.15, 0.2) is 0 Å². The third-order valence-electron chi connectivity index (χ3n) is 2.41. The molecule has 1 unspecified atom stereocenters. The molecule has 0 aromatic carbocycles. The number of carbonyl (C=O) groups is 2. The zero-order valence-electron chi connectivity index (χ0n) is 12.3. The van der Waals surface area contributed by atoms with Crippen molar-refractivity contribution in [1.29, 1.82) is 0 Å². The van der Waals surface area contributed by atoms with Crippen molar-refractivity contribution in [3.05, 3.63) is 0 Å². The van der Waals surface area contributed by atoms with Crippen molar-refractivity contribution in [3.63, 3.8) is 0 Å². The summed E-state index contributed by atoms with van der Waals surface area (Å²) < 4.78 is 10.1. The van der Waals surface area contributed by atoms with E-state index in [9.17, 15) is 9.59 Å². The van der Waals surface area contributed by atoms with Crippen LogP contribution in [0.25, 0.3) is 0 Å². The third-order valence-corrected chi connectivity index (χ3v) is 2.41. The van der Waals surface area contributed by atoms with Gasteiger partial charge in [0.15, 0.2) is 0 Å². The molecule has 106 valence electrons. The molecule has 0 heterocycles. The molecule has 0 aromatic heterocycles. The Balaban J connectivity index is 4.13. The first-order valence-corrected chi connectivity index (χ1v) is 6.28. The van der Waals surface area contributed by atoms with Crippen LogP contribution in [0.2, 0.25) is 0 Å². The van der Waals surface area contributed by atoms with Crippen LogP contribution in [-0.2, 0) is 14.3 Å². The predicted molar refractivity (Wildman–Crippen MR) is 69.3 cm³/mol. The highest BCUT2D eigenvalue weighted by atomic mass is 16.6. The normalized spacial score (nSPS) is 12.8. The number of hydrogen-bond acceptors (Lipinski definition) is 4. The molecule has 0 aromatic rings. The maximum absolute atomic E-state index is 11.8. The van der Waals surface area contributed by atoms with Crippen LogP contribution in [-0.4, -0.2) is 42.3 Å². The molecule has 0 N–H and O–H groups in total. The average Bonchev–Trinajstić information content (AvgIpc) is 2.22. The fourth-order valence-corrected chi connectivity index (χ4v) is 1.27. The van der Waals surface area contributed by atoms with E-state index in [0.717, 1.165) is 0 Å². The Morgan fingerprint density at radius 1 is 1.28 bits per heavy atom. The van der Waals surface area contributed by atoms with E-state index in [1.807, 2.05) is 27.7 Å². The van der Waals surface area contributed by atoms with Crippen molar-refractivity contribution in [2.24, 2.45) is 0 Å². The van der Waals surface area contributed by atoms with Crippen molar-refractivity contribution in [2.75, 3.05) is 13.7 Å². The van der Waals surface area contributed by atoms with Gasteiger partial charge in [0.25, 0.3) is 0 Å². The third kappa shape index (κ3) is 7.14. The summed E-state index contributed by atoms with van der Waals surface area (Å²) in [6, 6.07) is -0.0655. The molecular weight excluding hydrogens is 234 g/mol. The molecular formula is C13H25NO4. The monoisotopic (exact) mass is 259 g/mol. The molecule has 0 saturated carbocycles. The summed E-state index contributed by atoms with van der Waals surface area (Å²) in [4.78, 5) is 24.5. The average molecular weight is 259 g/mol. The zero-order valence-corrected chi connectivity index (χ0v) is 12.3. The Hall–Kier alpha value is -1.26. The van der Waals surface area contributed by atoms with E-state index in [-0.39, 0.29) is 18.1 Å². The fraction of sp³-hybridized carbons (Fsp3) is 0.846. The predicted octanol–water partition coefficient (Wildman–Crippen LogP) is 2.59. The Morgan fingerprint density at radius 3 is 2.28 bits per heavy atom. The van der Waals surface area contributed by atoms with Gasteiger partial charge in [0.05, 0.1) is 6.61 Å². The van der Waals surface area contributed by atoms with Gasteiger partial charge in [-0.25, -0.2) is 4.79 Å². The molecule has 0 saturated heterocycles. The van der Waals surface area contributed by atoms with Gasteiger partial charge in [-0.15, -0.1) is 0 Å². The Morgan fingerprint density at radius 2 is 1.83 bits per heavy atom. The minimum atomic E-state index is -0.508. The molecule has 0 bridgehead atoms. The minimum absolute atomic E-state index is 0.0655. The Kier molecular flexibility index (Phi) is 6.73. The summed E-state index contributed by atoms with van der Waals surface area (Å²) in [5.74, 6) is -0.234. The van der Waals surface area contributed by atoms with Gasteiger partial charge in [-0.2, -0.15) is 0 Å². The Bertz CT molecular complexity index is 283. The summed E-state index contributed by atoms with van der Waals surface area (Å²) in [5.41, 5.74) is -0.508. The van der Waals surface area contributed by atoms with Crippen LogP contribution in [0.5, 0.6) is 0 Å². The molecule has 0 aliphatic carbocycles. The zero-order chi connectivity index (χ0) is 14.3. The van der Waals surface area contributed by atoms with Gasteiger partial charge in [-0.1, -0.05) is 0 Å². The van der Waals surface area contributed by atoms with Gasteiger partial charge in [0, 0.05) is 19.5 Å². The standard InChI is InChI=1S/C13H25NO4/c1-7-17-11(15)9-8-10(2)14(6)12(16)18-13(3,4)5/h10H,7-9H2,1-6H3. The van der Waals surface area contributed by atoms with Crippen LogP contribution in [0, 0.1) is 0 Å². The van der Waals surface area contributed by atoms with Gasteiger partial charge < -0.3 is 14.4 Å². The molecule has 0 fully saturated rings. The molecule has 0 rings (SSSR count). The van der Waals surface area contributed by atoms with Crippen molar-refractivity contribution in [2.45, 2.75) is 59.1 Å². The summed E-state index contributed by atoms with van der Waals surface area (Å²) >= 11 is 0. The molecule has 0 radical (unpaired) electrons. The number of ether oxygens (including phenoxy) is 2. The lowest BCUT2D eigenvalue weighted by Gasteiger charge is -2.28. The second kappa shape index (κ2) is 7.24. The quantitative estimate of drug-likeness (QED) is 0.712. The highest BCUT2D eigenvalue weighted by molar-refractivity contribution is 5.70. The van der Waals surface area contributed by atoms with Gasteiger partial charge >= 0.3 is 12.1 Å². The number of carbonyl (C=O) groups excluding carboxylic acids is 2. The van der Waals surface area contributed by atoms with Crippen LogP contribution in [0.3, 0.4) is 0 Å². The fourth-order valence-electron chi connectivity index (χ4n) is 1.27. The van der Waals surface area contributed by atoms with Gasteiger partial charge in [0.2, 0.25) is 0 Å². The van der Waals surface area contributed by atoms with Crippen LogP contribution in [0.4, 0.5) is 4.79 Å². The molecule has 1 amide bonds. The summed E-state index contributed by atoms with van der Waals surface area (Å²) in [5, 5.41) is 0. The first-order chi connectivity index (χ1) is 8.17. The van der Waals surface area contributed by atoms with E-state index in [0.29, 0.717) is 19.4 Å². The number of amides is 1. The first-order valence-electron chi connectivity index (χ1n) is 6.28. The molecule has 18 heavy (non-hydrogen) atoms. The van der Waals surface area contributed by atoms with E-state index in [1.54, 1.807) is 14.0 Å². The van der Waals surface area contributed by atoms with Crippen LogP contribution in [0.1, 0.15) is 47.5 Å². The van der Waals surface area contributed by atoms with E-state index < -0.39 is 5.60 Å². The van der Waals surface area contributed by atoms with E-state index in [2.05, 4.69) is 0 Å². The molecule has 0 spiro atoms. The van der Waals surface area contributed by atoms with E-state index in [4.69, 9.17) is 9.47 Å². The topological polar surface area (TPSA) is 55.8 Å². The minimum Gasteiger partial charge on any atom is -0.466 e. The molecule has 5 heteroatoms. The lowest BCUT2D eigenvalue weighted by Crippen LogP contribution is -2.39. The number of rotatable bonds is 5. The summed E-state index contributed by atoms with van der Waals surface area (Å²) in [6.07, 6.45) is 0.496. The Labute approximate surface area is 109 Å². The van der Waals surface area contributed by atoms with Crippen LogP contribution < -0.4 is 0 Å². The van der Waals surface area contributed by atoms with Gasteiger partial charge in [0.1, 0.15) is 5.60 Å². The number of esters is 1. The second-order valence-electron chi connectivity index (χ2n) is 5.28. The van der Waals surface area contributed by atoms with Gasteiger partial charge in [-0.05, 0) is 41.0 Å². The largest absolute Gasteiger partial charge is 0.466 e. The van der Waals surface area contributed by atoms with Crippen LogP contribution >= 0.6 is 0 Å². The van der Waals surface area contributed by atoms with Gasteiger partial charge in [-0.3, -0.25) is 4.79 Å². The lowest BCUT2D eigenvalue weighted by molar-refractivity contribution is -0.143. The van der Waals surface area contributed by atoms with E-state index in [1.165, 1.54) is 4.90 Å². The SMILES string of the molecule is CCOC(=O)CCC(C)N(C)C(=O)OC(C)(C)C. The molecule has 0 aliphatic rings. The second-order valence-corrected chi connectivity index (χ2v) is 5.28. The van der Waals surface area contributed by atoms with Crippen molar-refractivity contribution in [1.82, 2.24) is 4.90 Å². The molecule has 1 atom stereocenters. The van der Waals surface area contributed by atoms with Crippen molar-refractivity contribution >= 4 is 12.1 Å². The van der Waals surface area contributed by atoms with Crippen molar-refractivity contribution in [3.8, 4) is 0 Å². The summed E-state index contributed by atoms with van der Waals surface area (Å²) in [6.45, 7) is 9.50. The first kappa shape index (κ1) is 16.7. The molecule has 0 aliphatic heterocycles. The number of hydrogen-bond donors (Lipinski definition) is 0. The highest BCUT2D eigenvalue weighted by Gasteiger charge is 2.23.